The minimum Gasteiger partial charge on any atom is -0.293 e. The molecule has 1 aliphatic heterocycles. The molecule has 3 rings (SSSR count). The lowest BCUT2D eigenvalue weighted by molar-refractivity contribution is 0.0949. The first kappa shape index (κ1) is 11.7. The van der Waals surface area contributed by atoms with Crippen LogP contribution in [0.5, 0.6) is 0 Å². The van der Waals surface area contributed by atoms with Crippen molar-refractivity contribution in [3.63, 3.8) is 0 Å². The monoisotopic (exact) mass is 257 g/mol. The molecule has 18 heavy (non-hydrogen) atoms. The van der Waals surface area contributed by atoms with E-state index in [-0.39, 0.29) is 10.5 Å². The Labute approximate surface area is 111 Å². The Kier molecular flexibility index (Phi) is 2.86. The predicted octanol–water partition coefficient (Wildman–Crippen LogP) is 3.70. The van der Waals surface area contributed by atoms with Gasteiger partial charge in [0.2, 0.25) is 0 Å². The molecule has 1 aromatic heterocycles. The van der Waals surface area contributed by atoms with E-state index < -0.39 is 0 Å². The second kappa shape index (κ2) is 4.39. The molecule has 0 radical (unpaired) electrons. The number of carbonyl (C=O) groups excluding carboxylic acids is 1. The van der Waals surface area contributed by atoms with E-state index in [0.29, 0.717) is 0 Å². The van der Waals surface area contributed by atoms with Crippen molar-refractivity contribution >= 4 is 28.4 Å². The average Bonchev–Trinajstić information content (AvgIpc) is 2.85. The fourth-order valence-corrected chi connectivity index (χ4v) is 3.75. The second-order valence-corrected chi connectivity index (χ2v) is 6.52. The third-order valence-corrected chi connectivity index (χ3v) is 5.09. The van der Waals surface area contributed by atoms with Crippen molar-refractivity contribution in [1.29, 1.82) is 0 Å². The van der Waals surface area contributed by atoms with Crippen LogP contribution < -0.4 is 0 Å². The van der Waals surface area contributed by atoms with Crippen LogP contribution in [0.3, 0.4) is 0 Å². The van der Waals surface area contributed by atoms with Gasteiger partial charge in [0, 0.05) is 17.1 Å². The summed E-state index contributed by atoms with van der Waals surface area (Å²) in [7, 11) is 0. The molecular weight excluding hydrogens is 242 g/mol. The number of fused-ring (bicyclic) bond motifs is 1. The summed E-state index contributed by atoms with van der Waals surface area (Å²) in [5.74, 6) is 1.34. The summed E-state index contributed by atoms with van der Waals surface area (Å²) in [6.45, 7) is 2.07. The fourth-order valence-electron chi connectivity index (χ4n) is 2.47. The third-order valence-electron chi connectivity index (χ3n) is 3.57. The summed E-state index contributed by atoms with van der Waals surface area (Å²) in [6, 6.07) is 9.76. The minimum atomic E-state index is -0.234. The summed E-state index contributed by atoms with van der Waals surface area (Å²) in [5.41, 5.74) is 1.69. The Hall–Kier alpha value is -1.35. The van der Waals surface area contributed by atoms with Crippen LogP contribution in [-0.4, -0.2) is 21.3 Å². The molecule has 2 nitrogen and oxygen atoms in total. The number of Topliss-reactive ketones (excluding diaryl/α,β-unsaturated/α-hetero) is 1. The van der Waals surface area contributed by atoms with Crippen molar-refractivity contribution in [2.45, 2.75) is 24.5 Å². The molecule has 0 N–H and O–H groups in total. The molecular formula is C15H15NOS. The van der Waals surface area contributed by atoms with Crippen molar-refractivity contribution < 1.29 is 4.79 Å². The van der Waals surface area contributed by atoms with E-state index in [4.69, 9.17) is 0 Å². The number of thioether (sulfide) groups is 1. The zero-order valence-corrected chi connectivity index (χ0v) is 11.2. The van der Waals surface area contributed by atoms with Gasteiger partial charge in [-0.1, -0.05) is 18.2 Å². The molecule has 1 unspecified atom stereocenters. The van der Waals surface area contributed by atoms with Crippen LogP contribution in [0.15, 0.2) is 36.5 Å². The lowest BCUT2D eigenvalue weighted by Gasteiger charge is -2.20. The molecule has 92 valence electrons. The lowest BCUT2D eigenvalue weighted by atomic mass is 9.94. The Morgan fingerprint density at radius 3 is 3.06 bits per heavy atom. The van der Waals surface area contributed by atoms with E-state index in [9.17, 15) is 4.79 Å². The number of benzene rings is 1. The van der Waals surface area contributed by atoms with Gasteiger partial charge in [0.1, 0.15) is 0 Å². The normalized spacial score (nSPS) is 23.4. The zero-order chi connectivity index (χ0) is 12.6. The van der Waals surface area contributed by atoms with E-state index in [1.165, 1.54) is 0 Å². The number of pyridine rings is 1. The predicted molar refractivity (Wildman–Crippen MR) is 76.2 cm³/mol. The van der Waals surface area contributed by atoms with Crippen molar-refractivity contribution in [1.82, 2.24) is 4.98 Å². The van der Waals surface area contributed by atoms with Gasteiger partial charge in [-0.15, -0.1) is 11.8 Å². The Balaban J connectivity index is 2.01. The van der Waals surface area contributed by atoms with Gasteiger partial charge in [-0.2, -0.15) is 0 Å². The molecule has 0 saturated carbocycles. The average molecular weight is 257 g/mol. The first-order valence-corrected chi connectivity index (χ1v) is 7.21. The third kappa shape index (κ3) is 1.93. The van der Waals surface area contributed by atoms with Crippen LogP contribution in [0.4, 0.5) is 0 Å². The highest BCUT2D eigenvalue weighted by Gasteiger charge is 2.37. The molecule has 0 amide bonds. The topological polar surface area (TPSA) is 30.0 Å². The standard InChI is InChI=1S/C15H15NOS/c1-15(7-3-9-18-15)14(17)12-6-5-11-4-2-8-16-13(11)10-12/h2,4-6,8,10H,3,7,9H2,1H3. The number of ketones is 1. The number of hydrogen-bond donors (Lipinski definition) is 0. The number of aromatic nitrogens is 1. The van der Waals surface area contributed by atoms with E-state index >= 15 is 0 Å². The highest BCUT2D eigenvalue weighted by molar-refractivity contribution is 8.01. The largest absolute Gasteiger partial charge is 0.293 e. The molecule has 0 spiro atoms. The molecule has 1 aromatic carbocycles. The zero-order valence-electron chi connectivity index (χ0n) is 10.3. The maximum Gasteiger partial charge on any atom is 0.178 e. The number of nitrogens with zero attached hydrogens (tertiary/aromatic N) is 1. The molecule has 1 aliphatic rings. The van der Waals surface area contributed by atoms with Gasteiger partial charge >= 0.3 is 0 Å². The van der Waals surface area contributed by atoms with E-state index in [1.54, 1.807) is 18.0 Å². The van der Waals surface area contributed by atoms with E-state index in [1.807, 2.05) is 30.3 Å². The summed E-state index contributed by atoms with van der Waals surface area (Å²) >= 11 is 1.78. The summed E-state index contributed by atoms with van der Waals surface area (Å²) < 4.78 is -0.234. The second-order valence-electron chi connectivity index (χ2n) is 4.92. The summed E-state index contributed by atoms with van der Waals surface area (Å²) in [5, 5.41) is 1.08. The van der Waals surface area contributed by atoms with E-state index in [2.05, 4.69) is 11.9 Å². The number of carbonyl (C=O) groups is 1. The molecule has 1 atom stereocenters. The Morgan fingerprint density at radius 2 is 2.28 bits per heavy atom. The van der Waals surface area contributed by atoms with Crippen LogP contribution in [0.1, 0.15) is 30.1 Å². The first-order chi connectivity index (χ1) is 8.69. The minimum absolute atomic E-state index is 0.234. The molecule has 1 fully saturated rings. The molecule has 0 aliphatic carbocycles. The van der Waals surface area contributed by atoms with Crippen molar-refractivity contribution in [3.8, 4) is 0 Å². The summed E-state index contributed by atoms with van der Waals surface area (Å²) in [6.07, 6.45) is 3.89. The smallest absolute Gasteiger partial charge is 0.178 e. The van der Waals surface area contributed by atoms with Crippen molar-refractivity contribution in [3.05, 3.63) is 42.1 Å². The van der Waals surface area contributed by atoms with Gasteiger partial charge < -0.3 is 0 Å². The van der Waals surface area contributed by atoms with Gasteiger partial charge in [0.25, 0.3) is 0 Å². The highest BCUT2D eigenvalue weighted by atomic mass is 32.2. The molecule has 1 saturated heterocycles. The van der Waals surface area contributed by atoms with Crippen molar-refractivity contribution in [2.75, 3.05) is 5.75 Å². The van der Waals surface area contributed by atoms with Crippen LogP contribution in [-0.2, 0) is 0 Å². The number of hydrogen-bond acceptors (Lipinski definition) is 3. The summed E-state index contributed by atoms with van der Waals surface area (Å²) in [4.78, 5) is 16.9. The first-order valence-electron chi connectivity index (χ1n) is 6.23. The van der Waals surface area contributed by atoms with Gasteiger partial charge in [-0.25, -0.2) is 0 Å². The van der Waals surface area contributed by atoms with Crippen LogP contribution in [0.25, 0.3) is 10.9 Å². The van der Waals surface area contributed by atoms with Crippen LogP contribution in [0, 0.1) is 0 Å². The number of rotatable bonds is 2. The Morgan fingerprint density at radius 1 is 1.39 bits per heavy atom. The Bertz CT molecular complexity index is 602. The van der Waals surface area contributed by atoms with Gasteiger partial charge in [0.15, 0.2) is 5.78 Å². The quantitative estimate of drug-likeness (QED) is 0.768. The molecule has 0 bridgehead atoms. The lowest BCUT2D eigenvalue weighted by Crippen LogP contribution is -2.28. The fraction of sp³-hybridized carbons (Fsp3) is 0.333. The maximum absolute atomic E-state index is 12.6. The molecule has 2 aromatic rings. The van der Waals surface area contributed by atoms with Gasteiger partial charge in [0.05, 0.1) is 10.3 Å². The van der Waals surface area contributed by atoms with Crippen LogP contribution >= 0.6 is 11.8 Å². The highest BCUT2D eigenvalue weighted by Crippen LogP contribution is 2.40. The van der Waals surface area contributed by atoms with Gasteiger partial charge in [-0.05, 0) is 37.7 Å². The SMILES string of the molecule is CC1(C(=O)c2ccc3cccnc3c2)CCCS1. The molecule has 3 heteroatoms. The van der Waals surface area contributed by atoms with Crippen molar-refractivity contribution in [2.24, 2.45) is 0 Å². The maximum atomic E-state index is 12.6. The van der Waals surface area contributed by atoms with E-state index in [0.717, 1.165) is 35.1 Å². The van der Waals surface area contributed by atoms with Gasteiger partial charge in [-0.3, -0.25) is 9.78 Å². The molecule has 2 heterocycles. The van der Waals surface area contributed by atoms with Crippen LogP contribution in [0.2, 0.25) is 0 Å².